The van der Waals surface area contributed by atoms with Crippen molar-refractivity contribution in [1.82, 2.24) is 20.0 Å². The Morgan fingerprint density at radius 3 is 2.62 bits per heavy atom. The molecule has 0 saturated heterocycles. The Morgan fingerprint density at radius 1 is 1.18 bits per heavy atom. The van der Waals surface area contributed by atoms with Crippen molar-refractivity contribution in [2.75, 3.05) is 11.9 Å². The minimum Gasteiger partial charge on any atom is -0.351 e. The summed E-state index contributed by atoms with van der Waals surface area (Å²) in [5, 5.41) is 10.5. The molecule has 1 fully saturated rings. The Labute approximate surface area is 201 Å². The highest BCUT2D eigenvalue weighted by Gasteiger charge is 2.48. The van der Waals surface area contributed by atoms with E-state index in [-0.39, 0.29) is 36.0 Å². The molecule has 1 aliphatic carbocycles. The first-order valence-electron chi connectivity index (χ1n) is 12.3. The van der Waals surface area contributed by atoms with E-state index in [9.17, 15) is 14.4 Å². The molecule has 2 aliphatic rings. The molecule has 0 radical (unpaired) electrons. The van der Waals surface area contributed by atoms with Crippen LogP contribution >= 0.6 is 0 Å². The fourth-order valence-corrected chi connectivity index (χ4v) is 4.89. The van der Waals surface area contributed by atoms with Gasteiger partial charge in [0.25, 0.3) is 11.8 Å². The summed E-state index contributed by atoms with van der Waals surface area (Å²) in [5.41, 5.74) is 2.15. The molecule has 1 aromatic carbocycles. The molecular formula is C26H35N5O3. The Bertz CT molecular complexity index is 1100. The number of carbonyl (C=O) groups is 3. The SMILES string of the molecule is CCCCN1C(=O)c2cc(C(=O)Nc3cc(C)ccc3C)nn2CC1(C)C(=O)NC1CCCC1. The first-order chi connectivity index (χ1) is 16.2. The Morgan fingerprint density at radius 2 is 1.91 bits per heavy atom. The van der Waals surface area contributed by atoms with E-state index in [1.54, 1.807) is 4.90 Å². The predicted molar refractivity (Wildman–Crippen MR) is 131 cm³/mol. The number of aromatic nitrogens is 2. The van der Waals surface area contributed by atoms with Crippen molar-refractivity contribution >= 4 is 23.4 Å². The number of hydrogen-bond acceptors (Lipinski definition) is 4. The van der Waals surface area contributed by atoms with Gasteiger partial charge in [0, 0.05) is 24.3 Å². The largest absolute Gasteiger partial charge is 0.351 e. The second kappa shape index (κ2) is 9.60. The molecular weight excluding hydrogens is 430 g/mol. The number of fused-ring (bicyclic) bond motifs is 1. The quantitative estimate of drug-likeness (QED) is 0.650. The zero-order valence-electron chi connectivity index (χ0n) is 20.6. The van der Waals surface area contributed by atoms with Crippen molar-refractivity contribution in [2.45, 2.75) is 84.3 Å². The average Bonchev–Trinajstić information content (AvgIpc) is 3.46. The molecule has 4 rings (SSSR count). The van der Waals surface area contributed by atoms with Crippen LogP contribution in [0.25, 0.3) is 0 Å². The van der Waals surface area contributed by atoms with Gasteiger partial charge in [-0.3, -0.25) is 19.1 Å². The van der Waals surface area contributed by atoms with Gasteiger partial charge in [-0.2, -0.15) is 5.10 Å². The van der Waals surface area contributed by atoms with Gasteiger partial charge >= 0.3 is 0 Å². The summed E-state index contributed by atoms with van der Waals surface area (Å²) in [7, 11) is 0. The van der Waals surface area contributed by atoms with E-state index in [0.29, 0.717) is 17.9 Å². The van der Waals surface area contributed by atoms with Crippen LogP contribution in [0.2, 0.25) is 0 Å². The van der Waals surface area contributed by atoms with Crippen molar-refractivity contribution in [3.63, 3.8) is 0 Å². The maximum atomic E-state index is 13.5. The third-order valence-corrected chi connectivity index (χ3v) is 7.09. The van der Waals surface area contributed by atoms with Crippen LogP contribution in [0, 0.1) is 13.8 Å². The minimum absolute atomic E-state index is 0.147. The molecule has 8 nitrogen and oxygen atoms in total. The molecule has 1 unspecified atom stereocenters. The number of aryl methyl sites for hydroxylation is 2. The fraction of sp³-hybridized carbons (Fsp3) is 0.538. The molecule has 2 aromatic rings. The zero-order chi connectivity index (χ0) is 24.5. The molecule has 1 saturated carbocycles. The van der Waals surface area contributed by atoms with Crippen LogP contribution in [0.5, 0.6) is 0 Å². The summed E-state index contributed by atoms with van der Waals surface area (Å²) in [5.74, 6) is -0.783. The number of anilines is 1. The standard InChI is InChI=1S/C26H35N5O3/c1-5-6-13-30-24(33)22-15-21(23(32)28-20-14-17(2)11-12-18(20)3)29-31(22)16-26(30,4)25(34)27-19-9-7-8-10-19/h11-12,14-15,19H,5-10,13,16H2,1-4H3,(H,27,34)(H,28,32). The van der Waals surface area contributed by atoms with E-state index in [2.05, 4.69) is 22.7 Å². The molecule has 34 heavy (non-hydrogen) atoms. The maximum absolute atomic E-state index is 13.5. The molecule has 1 aromatic heterocycles. The Balaban J connectivity index is 1.61. The number of rotatable bonds is 7. The van der Waals surface area contributed by atoms with Crippen LogP contribution in [0.3, 0.4) is 0 Å². The summed E-state index contributed by atoms with van der Waals surface area (Å²) in [4.78, 5) is 41.6. The topological polar surface area (TPSA) is 96.3 Å². The first kappa shape index (κ1) is 24.0. The summed E-state index contributed by atoms with van der Waals surface area (Å²) < 4.78 is 1.52. The highest BCUT2D eigenvalue weighted by atomic mass is 16.2. The van der Waals surface area contributed by atoms with Gasteiger partial charge in [-0.25, -0.2) is 0 Å². The lowest BCUT2D eigenvalue weighted by Crippen LogP contribution is -2.65. The van der Waals surface area contributed by atoms with E-state index in [4.69, 9.17) is 0 Å². The monoisotopic (exact) mass is 465 g/mol. The third kappa shape index (κ3) is 4.58. The number of nitrogens with zero attached hydrogens (tertiary/aromatic N) is 3. The lowest BCUT2D eigenvalue weighted by Gasteiger charge is -2.43. The molecule has 1 aliphatic heterocycles. The lowest BCUT2D eigenvalue weighted by molar-refractivity contribution is -0.133. The van der Waals surface area contributed by atoms with Crippen LogP contribution in [0.1, 0.15) is 84.5 Å². The fourth-order valence-electron chi connectivity index (χ4n) is 4.89. The lowest BCUT2D eigenvalue weighted by atomic mass is 9.94. The first-order valence-corrected chi connectivity index (χ1v) is 12.3. The summed E-state index contributed by atoms with van der Waals surface area (Å²) in [6, 6.07) is 7.54. The smallest absolute Gasteiger partial charge is 0.276 e. The molecule has 0 spiro atoms. The normalized spacial score (nSPS) is 20.4. The van der Waals surface area contributed by atoms with Crippen LogP contribution in [-0.2, 0) is 11.3 Å². The van der Waals surface area contributed by atoms with Crippen molar-refractivity contribution in [3.05, 3.63) is 46.8 Å². The number of amides is 3. The van der Waals surface area contributed by atoms with E-state index < -0.39 is 5.54 Å². The predicted octanol–water partition coefficient (Wildman–Crippen LogP) is 3.83. The average molecular weight is 466 g/mol. The van der Waals surface area contributed by atoms with E-state index in [0.717, 1.165) is 49.7 Å². The van der Waals surface area contributed by atoms with Gasteiger partial charge in [-0.15, -0.1) is 0 Å². The maximum Gasteiger partial charge on any atom is 0.276 e. The van der Waals surface area contributed by atoms with Gasteiger partial charge < -0.3 is 15.5 Å². The molecule has 2 heterocycles. The van der Waals surface area contributed by atoms with Crippen molar-refractivity contribution in [3.8, 4) is 0 Å². The number of nitrogens with one attached hydrogen (secondary N) is 2. The highest BCUT2D eigenvalue weighted by Crippen LogP contribution is 2.29. The van der Waals surface area contributed by atoms with E-state index in [1.165, 1.54) is 10.7 Å². The molecule has 8 heteroatoms. The summed E-state index contributed by atoms with van der Waals surface area (Å²) in [6.07, 6.45) is 5.88. The van der Waals surface area contributed by atoms with Gasteiger partial charge in [0.15, 0.2) is 5.69 Å². The molecule has 182 valence electrons. The Kier molecular flexibility index (Phi) is 6.77. The van der Waals surface area contributed by atoms with Crippen LogP contribution in [0.4, 0.5) is 5.69 Å². The van der Waals surface area contributed by atoms with Crippen molar-refractivity contribution < 1.29 is 14.4 Å². The molecule has 1 atom stereocenters. The van der Waals surface area contributed by atoms with Crippen LogP contribution < -0.4 is 10.6 Å². The molecule has 2 N–H and O–H groups in total. The number of unbranched alkanes of at least 4 members (excludes halogenated alkanes) is 1. The highest BCUT2D eigenvalue weighted by molar-refractivity contribution is 6.06. The second-order valence-electron chi connectivity index (χ2n) is 9.88. The van der Waals surface area contributed by atoms with Crippen LogP contribution in [0.15, 0.2) is 24.3 Å². The zero-order valence-corrected chi connectivity index (χ0v) is 20.6. The second-order valence-corrected chi connectivity index (χ2v) is 9.88. The summed E-state index contributed by atoms with van der Waals surface area (Å²) in [6.45, 7) is 8.46. The van der Waals surface area contributed by atoms with E-state index >= 15 is 0 Å². The van der Waals surface area contributed by atoms with Crippen LogP contribution in [-0.4, -0.2) is 50.5 Å². The van der Waals surface area contributed by atoms with Gasteiger partial charge in [0.1, 0.15) is 11.2 Å². The number of hydrogen-bond donors (Lipinski definition) is 2. The van der Waals surface area contributed by atoms with Gasteiger partial charge in [-0.05, 0) is 57.2 Å². The number of carbonyl (C=O) groups excluding carboxylic acids is 3. The van der Waals surface area contributed by atoms with Crippen molar-refractivity contribution in [2.24, 2.45) is 0 Å². The Hall–Kier alpha value is -3.16. The number of benzene rings is 1. The third-order valence-electron chi connectivity index (χ3n) is 7.09. The van der Waals surface area contributed by atoms with E-state index in [1.807, 2.05) is 39.0 Å². The van der Waals surface area contributed by atoms with Gasteiger partial charge in [-0.1, -0.05) is 38.3 Å². The van der Waals surface area contributed by atoms with Crippen molar-refractivity contribution in [1.29, 1.82) is 0 Å². The van der Waals surface area contributed by atoms with Gasteiger partial charge in [0.2, 0.25) is 5.91 Å². The minimum atomic E-state index is -1.06. The molecule has 0 bridgehead atoms. The summed E-state index contributed by atoms with van der Waals surface area (Å²) >= 11 is 0. The van der Waals surface area contributed by atoms with Gasteiger partial charge in [0.05, 0.1) is 6.54 Å². The molecule has 3 amide bonds.